The van der Waals surface area contributed by atoms with Crippen molar-refractivity contribution in [2.45, 2.75) is 11.5 Å². The van der Waals surface area contributed by atoms with Crippen molar-refractivity contribution in [1.82, 2.24) is 4.98 Å². The summed E-state index contributed by atoms with van der Waals surface area (Å²) < 4.78 is 24.3. The third-order valence-electron chi connectivity index (χ3n) is 2.71. The van der Waals surface area contributed by atoms with Crippen molar-refractivity contribution in [3.8, 4) is 11.8 Å². The lowest BCUT2D eigenvalue weighted by Gasteiger charge is -2.06. The van der Waals surface area contributed by atoms with Gasteiger partial charge in [0, 0.05) is 12.3 Å². The van der Waals surface area contributed by atoms with Gasteiger partial charge >= 0.3 is 0 Å². The lowest BCUT2D eigenvalue weighted by Crippen LogP contribution is -2.09. The van der Waals surface area contributed by atoms with Crippen molar-refractivity contribution >= 4 is 21.4 Å². The van der Waals surface area contributed by atoms with Gasteiger partial charge in [0.05, 0.1) is 33.9 Å². The van der Waals surface area contributed by atoms with Gasteiger partial charge in [-0.15, -0.1) is 0 Å². The number of hydrogen-bond acceptors (Lipinski definition) is 5. The summed E-state index contributed by atoms with van der Waals surface area (Å²) in [5.41, 5.74) is 0.966. The molecule has 1 heterocycles. The van der Waals surface area contributed by atoms with E-state index >= 15 is 0 Å². The van der Waals surface area contributed by atoms with Crippen molar-refractivity contribution in [3.63, 3.8) is 0 Å². The Morgan fingerprint density at radius 3 is 2.71 bits per heavy atom. The van der Waals surface area contributed by atoms with Crippen molar-refractivity contribution in [2.75, 3.05) is 0 Å². The Bertz CT molecular complexity index is 813. The Balaban J connectivity index is 2.20. The molecule has 0 amide bonds. The van der Waals surface area contributed by atoms with E-state index in [0.717, 1.165) is 0 Å². The molecule has 0 saturated carbocycles. The molecule has 0 fully saturated rings. The molecule has 0 bridgehead atoms. The summed E-state index contributed by atoms with van der Waals surface area (Å²) in [6.45, 7) is 0. The quantitative estimate of drug-likeness (QED) is 0.933. The summed E-state index contributed by atoms with van der Waals surface area (Å²) in [5.74, 6) is -0.879. The summed E-state index contributed by atoms with van der Waals surface area (Å²) in [7, 11) is -3.52. The largest absolute Gasteiger partial charge is 0.506 e. The van der Waals surface area contributed by atoms with Crippen LogP contribution in [0, 0.1) is 11.3 Å². The van der Waals surface area contributed by atoms with Crippen molar-refractivity contribution in [1.29, 1.82) is 5.26 Å². The second-order valence-electron chi connectivity index (χ2n) is 4.46. The van der Waals surface area contributed by atoms with E-state index in [9.17, 15) is 13.5 Å². The van der Waals surface area contributed by atoms with E-state index < -0.39 is 15.6 Å². The molecule has 108 valence electrons. The van der Waals surface area contributed by atoms with Crippen LogP contribution in [0.1, 0.15) is 16.8 Å². The molecule has 0 saturated heterocycles. The van der Waals surface area contributed by atoms with Gasteiger partial charge in [0.1, 0.15) is 5.75 Å². The van der Waals surface area contributed by atoms with Crippen LogP contribution in [0.25, 0.3) is 0 Å². The van der Waals surface area contributed by atoms with Gasteiger partial charge in [-0.25, -0.2) is 8.42 Å². The van der Waals surface area contributed by atoms with Gasteiger partial charge in [-0.05, 0) is 17.7 Å². The highest BCUT2D eigenvalue weighted by molar-refractivity contribution is 7.89. The number of hydrogen-bond donors (Lipinski definition) is 1. The first-order valence-corrected chi connectivity index (χ1v) is 8.12. The predicted octanol–water partition coefficient (Wildman–Crippen LogP) is 2.43. The SMILES string of the molecule is N#Cc1cccc(CS(=O)(=O)Cc2ncc(Cl)cc2O)c1. The summed E-state index contributed by atoms with van der Waals surface area (Å²) in [6, 6.07) is 9.58. The van der Waals surface area contributed by atoms with Gasteiger partial charge in [-0.3, -0.25) is 4.98 Å². The molecule has 7 heteroatoms. The first kappa shape index (κ1) is 15.3. The van der Waals surface area contributed by atoms with Crippen LogP contribution in [0.2, 0.25) is 5.02 Å². The zero-order chi connectivity index (χ0) is 15.5. The van der Waals surface area contributed by atoms with Crippen LogP contribution in [0.4, 0.5) is 0 Å². The van der Waals surface area contributed by atoms with E-state index in [1.54, 1.807) is 18.2 Å². The van der Waals surface area contributed by atoms with E-state index in [0.29, 0.717) is 11.1 Å². The minimum absolute atomic E-state index is 0.0517. The molecular formula is C14H11ClN2O3S. The van der Waals surface area contributed by atoms with Crippen LogP contribution < -0.4 is 0 Å². The second kappa shape index (κ2) is 6.12. The van der Waals surface area contributed by atoms with Crippen molar-refractivity contribution in [2.24, 2.45) is 0 Å². The molecule has 21 heavy (non-hydrogen) atoms. The highest BCUT2D eigenvalue weighted by Gasteiger charge is 2.17. The molecule has 0 aliphatic heterocycles. The average Bonchev–Trinajstić information content (AvgIpc) is 2.41. The number of pyridine rings is 1. The minimum Gasteiger partial charge on any atom is -0.506 e. The Hall–Kier alpha value is -2.10. The first-order chi connectivity index (χ1) is 9.89. The zero-order valence-electron chi connectivity index (χ0n) is 10.8. The van der Waals surface area contributed by atoms with Crippen molar-refractivity contribution in [3.05, 3.63) is 58.4 Å². The first-order valence-electron chi connectivity index (χ1n) is 5.92. The Labute approximate surface area is 127 Å². The highest BCUT2D eigenvalue weighted by Crippen LogP contribution is 2.22. The van der Waals surface area contributed by atoms with E-state index in [1.165, 1.54) is 18.3 Å². The highest BCUT2D eigenvalue weighted by atomic mass is 35.5. The predicted molar refractivity (Wildman–Crippen MR) is 78.4 cm³/mol. The van der Waals surface area contributed by atoms with Crippen LogP contribution in [0.15, 0.2) is 36.5 Å². The maximum absolute atomic E-state index is 12.1. The van der Waals surface area contributed by atoms with Crippen molar-refractivity contribution < 1.29 is 13.5 Å². The maximum Gasteiger partial charge on any atom is 0.160 e. The molecule has 2 rings (SSSR count). The average molecular weight is 323 g/mol. The second-order valence-corrected chi connectivity index (χ2v) is 6.96. The van der Waals surface area contributed by atoms with Crippen LogP contribution in [0.5, 0.6) is 5.75 Å². The molecule has 2 aromatic rings. The van der Waals surface area contributed by atoms with Gasteiger partial charge in [0.25, 0.3) is 0 Å². The number of nitriles is 1. The normalized spacial score (nSPS) is 11.0. The van der Waals surface area contributed by atoms with E-state index in [2.05, 4.69) is 4.98 Å². The maximum atomic E-state index is 12.1. The standard InChI is InChI=1S/C14H11ClN2O3S/c15-12-5-14(18)13(17-7-12)9-21(19,20)8-11-3-1-2-10(4-11)6-16/h1-5,7,18H,8-9H2. The molecule has 0 unspecified atom stereocenters. The molecule has 0 radical (unpaired) electrons. The number of sulfone groups is 1. The van der Waals surface area contributed by atoms with Gasteiger partial charge in [0.15, 0.2) is 9.84 Å². The number of benzene rings is 1. The van der Waals surface area contributed by atoms with Gasteiger partial charge in [0.2, 0.25) is 0 Å². The minimum atomic E-state index is -3.52. The molecular weight excluding hydrogens is 312 g/mol. The molecule has 0 atom stereocenters. The van der Waals surface area contributed by atoms with Crippen LogP contribution in [-0.4, -0.2) is 18.5 Å². The smallest absolute Gasteiger partial charge is 0.160 e. The third-order valence-corrected chi connectivity index (χ3v) is 4.41. The summed E-state index contributed by atoms with van der Waals surface area (Å²) in [4.78, 5) is 3.82. The summed E-state index contributed by atoms with van der Waals surface area (Å²) in [5, 5.41) is 18.7. The molecule has 0 spiro atoms. The van der Waals surface area contributed by atoms with Crippen LogP contribution in [-0.2, 0) is 21.3 Å². The zero-order valence-corrected chi connectivity index (χ0v) is 12.4. The number of aromatic nitrogens is 1. The van der Waals surface area contributed by atoms with Gasteiger partial charge < -0.3 is 5.11 Å². The molecule has 0 aliphatic carbocycles. The molecule has 0 aliphatic rings. The Morgan fingerprint density at radius 2 is 2.05 bits per heavy atom. The van der Waals surface area contributed by atoms with Gasteiger partial charge in [-0.2, -0.15) is 5.26 Å². The van der Waals surface area contributed by atoms with Gasteiger partial charge in [-0.1, -0.05) is 23.7 Å². The fourth-order valence-corrected chi connectivity index (χ4v) is 3.39. The third kappa shape index (κ3) is 4.18. The number of rotatable bonds is 4. The van der Waals surface area contributed by atoms with Crippen LogP contribution >= 0.6 is 11.6 Å². The fraction of sp³-hybridized carbons (Fsp3) is 0.143. The molecule has 1 aromatic carbocycles. The Morgan fingerprint density at radius 1 is 1.29 bits per heavy atom. The lowest BCUT2D eigenvalue weighted by atomic mass is 10.2. The lowest BCUT2D eigenvalue weighted by molar-refractivity contribution is 0.466. The topological polar surface area (TPSA) is 91.0 Å². The molecule has 1 aromatic heterocycles. The van der Waals surface area contributed by atoms with Crippen LogP contribution in [0.3, 0.4) is 0 Å². The number of nitrogens with zero attached hydrogens (tertiary/aromatic N) is 2. The summed E-state index contributed by atoms with van der Waals surface area (Å²) in [6.07, 6.45) is 1.28. The number of aromatic hydroxyl groups is 1. The Kier molecular flexibility index (Phi) is 4.46. The number of halogens is 1. The summed E-state index contributed by atoms with van der Waals surface area (Å²) >= 11 is 5.65. The fourth-order valence-electron chi connectivity index (χ4n) is 1.81. The monoisotopic (exact) mass is 322 g/mol. The molecule has 1 N–H and O–H groups in total. The van der Waals surface area contributed by atoms with E-state index in [4.69, 9.17) is 16.9 Å². The van der Waals surface area contributed by atoms with E-state index in [1.807, 2.05) is 6.07 Å². The van der Waals surface area contributed by atoms with E-state index in [-0.39, 0.29) is 22.2 Å². The molecule has 5 nitrogen and oxygen atoms in total.